The highest BCUT2D eigenvalue weighted by Gasteiger charge is 2.22. The lowest BCUT2D eigenvalue weighted by atomic mass is 10.2. The summed E-state index contributed by atoms with van der Waals surface area (Å²) in [6, 6.07) is 9.32. The van der Waals surface area contributed by atoms with E-state index in [0.29, 0.717) is 6.42 Å². The Morgan fingerprint density at radius 1 is 1.25 bits per heavy atom. The van der Waals surface area contributed by atoms with Gasteiger partial charge in [0.1, 0.15) is 6.61 Å². The molecule has 1 rings (SSSR count). The number of hydrogen-bond donors (Lipinski definition) is 0. The second-order valence-electron chi connectivity index (χ2n) is 4.96. The maximum Gasteiger partial charge on any atom is 0.310 e. The van der Waals surface area contributed by atoms with Gasteiger partial charge >= 0.3 is 5.97 Å². The standard InChI is InChI=1S/C15H22O4S/c1-3-4-10-20(17,18)12-13(2)15(16)19-11-14-8-6-5-7-9-14/h5-9,13H,3-4,10-12H2,1-2H3. The fraction of sp³-hybridized carbons (Fsp3) is 0.533. The van der Waals surface area contributed by atoms with Crippen LogP contribution >= 0.6 is 0 Å². The number of carbonyl (C=O) groups is 1. The molecule has 1 aromatic rings. The third kappa shape index (κ3) is 6.19. The van der Waals surface area contributed by atoms with E-state index in [-0.39, 0.29) is 18.1 Å². The molecule has 1 atom stereocenters. The monoisotopic (exact) mass is 298 g/mol. The molecule has 5 heteroatoms. The second kappa shape index (κ2) is 8.04. The van der Waals surface area contributed by atoms with Crippen LogP contribution in [0, 0.1) is 5.92 Å². The highest BCUT2D eigenvalue weighted by Crippen LogP contribution is 2.09. The molecular weight excluding hydrogens is 276 g/mol. The quantitative estimate of drug-likeness (QED) is 0.692. The van der Waals surface area contributed by atoms with Gasteiger partial charge in [-0.05, 0) is 12.0 Å². The third-order valence-corrected chi connectivity index (χ3v) is 4.86. The summed E-state index contributed by atoms with van der Waals surface area (Å²) in [5, 5.41) is 0. The molecule has 0 aromatic heterocycles. The second-order valence-corrected chi connectivity index (χ2v) is 7.19. The van der Waals surface area contributed by atoms with Crippen molar-refractivity contribution in [2.45, 2.75) is 33.3 Å². The molecule has 0 saturated heterocycles. The first-order valence-electron chi connectivity index (χ1n) is 6.85. The molecule has 1 aromatic carbocycles. The van der Waals surface area contributed by atoms with E-state index in [0.717, 1.165) is 12.0 Å². The van der Waals surface area contributed by atoms with Crippen molar-refractivity contribution in [1.29, 1.82) is 0 Å². The van der Waals surface area contributed by atoms with Crippen molar-refractivity contribution in [3.05, 3.63) is 35.9 Å². The number of ether oxygens (including phenoxy) is 1. The summed E-state index contributed by atoms with van der Waals surface area (Å²) in [5.41, 5.74) is 0.891. The maximum atomic E-state index is 11.8. The first kappa shape index (κ1) is 16.7. The lowest BCUT2D eigenvalue weighted by Gasteiger charge is -2.12. The average molecular weight is 298 g/mol. The van der Waals surface area contributed by atoms with Gasteiger partial charge in [0.15, 0.2) is 9.84 Å². The fourth-order valence-electron chi connectivity index (χ4n) is 1.77. The van der Waals surface area contributed by atoms with Crippen LogP contribution in [0.2, 0.25) is 0 Å². The highest BCUT2D eigenvalue weighted by atomic mass is 32.2. The van der Waals surface area contributed by atoms with E-state index in [1.54, 1.807) is 6.92 Å². The van der Waals surface area contributed by atoms with Crippen molar-refractivity contribution >= 4 is 15.8 Å². The SMILES string of the molecule is CCCCS(=O)(=O)CC(C)C(=O)OCc1ccccc1. The van der Waals surface area contributed by atoms with Crippen LogP contribution in [0.5, 0.6) is 0 Å². The number of esters is 1. The van der Waals surface area contributed by atoms with Crippen molar-refractivity contribution in [1.82, 2.24) is 0 Å². The molecule has 1 unspecified atom stereocenters. The molecule has 0 fully saturated rings. The van der Waals surface area contributed by atoms with Gasteiger partial charge < -0.3 is 4.74 Å². The van der Waals surface area contributed by atoms with Gasteiger partial charge in [-0.2, -0.15) is 0 Å². The van der Waals surface area contributed by atoms with E-state index in [9.17, 15) is 13.2 Å². The highest BCUT2D eigenvalue weighted by molar-refractivity contribution is 7.91. The van der Waals surface area contributed by atoms with Crippen molar-refractivity contribution in [2.24, 2.45) is 5.92 Å². The minimum atomic E-state index is -3.17. The molecule has 20 heavy (non-hydrogen) atoms. The molecule has 0 spiro atoms. The minimum Gasteiger partial charge on any atom is -0.461 e. The van der Waals surface area contributed by atoms with Crippen LogP contribution in [0.3, 0.4) is 0 Å². The van der Waals surface area contributed by atoms with Crippen LogP contribution in [-0.4, -0.2) is 25.9 Å². The first-order chi connectivity index (χ1) is 9.44. The average Bonchev–Trinajstić information content (AvgIpc) is 2.43. The summed E-state index contributed by atoms with van der Waals surface area (Å²) >= 11 is 0. The lowest BCUT2D eigenvalue weighted by Crippen LogP contribution is -2.25. The Bertz CT molecular complexity index is 508. The Morgan fingerprint density at radius 2 is 1.90 bits per heavy atom. The Kier molecular flexibility index (Phi) is 6.71. The van der Waals surface area contributed by atoms with E-state index in [1.165, 1.54) is 0 Å². The molecular formula is C15H22O4S. The van der Waals surface area contributed by atoms with Crippen molar-refractivity contribution in [3.8, 4) is 0 Å². The number of sulfone groups is 1. The molecule has 0 N–H and O–H groups in total. The summed E-state index contributed by atoms with van der Waals surface area (Å²) in [6.45, 7) is 3.71. The van der Waals surface area contributed by atoms with Gasteiger partial charge in [0.25, 0.3) is 0 Å². The molecule has 112 valence electrons. The van der Waals surface area contributed by atoms with E-state index < -0.39 is 21.7 Å². The molecule has 0 radical (unpaired) electrons. The molecule has 4 nitrogen and oxygen atoms in total. The van der Waals surface area contributed by atoms with E-state index >= 15 is 0 Å². The zero-order valence-electron chi connectivity index (χ0n) is 12.0. The van der Waals surface area contributed by atoms with Crippen molar-refractivity contribution in [2.75, 3.05) is 11.5 Å². The van der Waals surface area contributed by atoms with Crippen LogP contribution in [0.1, 0.15) is 32.3 Å². The van der Waals surface area contributed by atoms with Crippen molar-refractivity contribution in [3.63, 3.8) is 0 Å². The smallest absolute Gasteiger partial charge is 0.310 e. The fourth-order valence-corrected chi connectivity index (χ4v) is 3.56. The Morgan fingerprint density at radius 3 is 2.50 bits per heavy atom. The van der Waals surface area contributed by atoms with Crippen LogP contribution < -0.4 is 0 Å². The van der Waals surface area contributed by atoms with Gasteiger partial charge in [-0.1, -0.05) is 50.6 Å². The molecule has 0 saturated carbocycles. The van der Waals surface area contributed by atoms with Gasteiger partial charge in [0.05, 0.1) is 17.4 Å². The summed E-state index contributed by atoms with van der Waals surface area (Å²) in [7, 11) is -3.17. The number of carbonyl (C=O) groups excluding carboxylic acids is 1. The minimum absolute atomic E-state index is 0.138. The van der Waals surface area contributed by atoms with E-state index in [4.69, 9.17) is 4.74 Å². The summed E-state index contributed by atoms with van der Waals surface area (Å²) in [4.78, 5) is 11.8. The first-order valence-corrected chi connectivity index (χ1v) is 8.67. The lowest BCUT2D eigenvalue weighted by molar-refractivity contribution is -0.148. The Hall–Kier alpha value is -1.36. The van der Waals surface area contributed by atoms with Gasteiger partial charge in [-0.25, -0.2) is 8.42 Å². The van der Waals surface area contributed by atoms with Crippen LogP contribution in [0.4, 0.5) is 0 Å². The molecule has 0 aliphatic rings. The predicted molar refractivity (Wildman–Crippen MR) is 79.0 cm³/mol. The van der Waals surface area contributed by atoms with Crippen LogP contribution in [-0.2, 0) is 26.0 Å². The van der Waals surface area contributed by atoms with E-state index in [2.05, 4.69) is 0 Å². The van der Waals surface area contributed by atoms with E-state index in [1.807, 2.05) is 37.3 Å². The predicted octanol–water partition coefficient (Wildman–Crippen LogP) is 2.58. The Balaban J connectivity index is 2.43. The zero-order chi connectivity index (χ0) is 15.0. The van der Waals surface area contributed by atoms with Gasteiger partial charge in [-0.15, -0.1) is 0 Å². The molecule has 0 aliphatic heterocycles. The van der Waals surface area contributed by atoms with Gasteiger partial charge in [0.2, 0.25) is 0 Å². The molecule has 0 heterocycles. The van der Waals surface area contributed by atoms with Crippen molar-refractivity contribution < 1.29 is 17.9 Å². The van der Waals surface area contributed by atoms with Gasteiger partial charge in [-0.3, -0.25) is 4.79 Å². The van der Waals surface area contributed by atoms with Crippen LogP contribution in [0.15, 0.2) is 30.3 Å². The van der Waals surface area contributed by atoms with Gasteiger partial charge in [0, 0.05) is 0 Å². The number of rotatable bonds is 8. The van der Waals surface area contributed by atoms with Crippen LogP contribution in [0.25, 0.3) is 0 Å². The molecule has 0 bridgehead atoms. The topological polar surface area (TPSA) is 60.4 Å². The number of benzene rings is 1. The summed E-state index contributed by atoms with van der Waals surface area (Å²) in [6.07, 6.45) is 1.46. The summed E-state index contributed by atoms with van der Waals surface area (Å²) < 4.78 is 28.7. The molecule has 0 amide bonds. The zero-order valence-corrected chi connectivity index (χ0v) is 12.9. The Labute approximate surface area is 121 Å². The summed E-state index contributed by atoms with van der Waals surface area (Å²) in [5.74, 6) is -1.09. The largest absolute Gasteiger partial charge is 0.461 e. The third-order valence-electron chi connectivity index (χ3n) is 2.94. The number of hydrogen-bond acceptors (Lipinski definition) is 4. The molecule has 0 aliphatic carbocycles. The maximum absolute atomic E-state index is 11.8. The normalized spacial score (nSPS) is 12.9. The number of unbranched alkanes of at least 4 members (excludes halogenated alkanes) is 1.